The van der Waals surface area contributed by atoms with Crippen LogP contribution >= 0.6 is 0 Å². The average Bonchev–Trinajstić information content (AvgIpc) is 2.35. The van der Waals surface area contributed by atoms with Crippen LogP contribution in [-0.2, 0) is 0 Å². The zero-order valence-corrected chi connectivity index (χ0v) is 10.8. The molecule has 1 atom stereocenters. The minimum absolute atomic E-state index is 0.0992. The van der Waals surface area contributed by atoms with Gasteiger partial charge in [-0.3, -0.25) is 0 Å². The van der Waals surface area contributed by atoms with Gasteiger partial charge in [0.25, 0.3) is 0 Å². The number of ether oxygens (including phenoxy) is 1. The van der Waals surface area contributed by atoms with Crippen molar-refractivity contribution in [1.82, 2.24) is 0 Å². The molecule has 1 fully saturated rings. The molecule has 0 radical (unpaired) electrons. The molecule has 2 nitrogen and oxygen atoms in total. The summed E-state index contributed by atoms with van der Waals surface area (Å²) in [6, 6.07) is 4.59. The van der Waals surface area contributed by atoms with E-state index in [1.165, 1.54) is 25.0 Å². The molecule has 18 heavy (non-hydrogen) atoms. The molecule has 1 aliphatic carbocycles. The predicted octanol–water partition coefficient (Wildman–Crippen LogP) is 3.56. The second-order valence-electron chi connectivity index (χ2n) is 5.96. The molecule has 1 aliphatic heterocycles. The number of benzene rings is 1. The fourth-order valence-corrected chi connectivity index (χ4v) is 3.28. The summed E-state index contributed by atoms with van der Waals surface area (Å²) in [6.45, 7) is 2.29. The summed E-state index contributed by atoms with van der Waals surface area (Å²) >= 11 is 0. The number of halogens is 1. The van der Waals surface area contributed by atoms with E-state index >= 15 is 0 Å². The summed E-state index contributed by atoms with van der Waals surface area (Å²) in [4.78, 5) is 0. The lowest BCUT2D eigenvalue weighted by Gasteiger charge is -2.45. The van der Waals surface area contributed by atoms with Crippen LogP contribution < -0.4 is 10.5 Å². The Morgan fingerprint density at radius 2 is 2.06 bits per heavy atom. The van der Waals surface area contributed by atoms with Crippen LogP contribution in [0, 0.1) is 11.7 Å². The molecule has 0 amide bonds. The second-order valence-corrected chi connectivity index (χ2v) is 5.96. The van der Waals surface area contributed by atoms with Crippen molar-refractivity contribution in [3.05, 3.63) is 29.6 Å². The lowest BCUT2D eigenvalue weighted by atomic mass is 9.74. The van der Waals surface area contributed by atoms with Gasteiger partial charge in [0.05, 0.1) is 0 Å². The Labute approximate surface area is 107 Å². The molecule has 1 spiro atoms. The van der Waals surface area contributed by atoms with Crippen molar-refractivity contribution in [2.24, 2.45) is 11.7 Å². The van der Waals surface area contributed by atoms with Crippen LogP contribution in [0.2, 0.25) is 0 Å². The standard InChI is InChI=1S/C15H20FNO/c1-10-4-6-15(7-5-10)9-13(17)12-8-11(16)2-3-14(12)18-15/h2-3,8,10,13H,4-7,9,17H2,1H3. The third-order valence-corrected chi connectivity index (χ3v) is 4.48. The molecule has 0 aromatic heterocycles. The normalized spacial score (nSPS) is 35.1. The number of hydrogen-bond acceptors (Lipinski definition) is 2. The van der Waals surface area contributed by atoms with Gasteiger partial charge in [-0.2, -0.15) is 0 Å². The number of hydrogen-bond donors (Lipinski definition) is 1. The molecule has 3 heteroatoms. The SMILES string of the molecule is CC1CCC2(CC1)CC(N)c1cc(F)ccc1O2. The van der Waals surface area contributed by atoms with E-state index in [2.05, 4.69) is 6.92 Å². The van der Waals surface area contributed by atoms with Crippen LogP contribution in [0.3, 0.4) is 0 Å². The van der Waals surface area contributed by atoms with Gasteiger partial charge < -0.3 is 10.5 Å². The second kappa shape index (κ2) is 4.23. The zero-order chi connectivity index (χ0) is 12.8. The molecule has 1 aromatic carbocycles. The summed E-state index contributed by atoms with van der Waals surface area (Å²) in [5.41, 5.74) is 6.93. The first-order valence-corrected chi connectivity index (χ1v) is 6.82. The molecule has 98 valence electrons. The van der Waals surface area contributed by atoms with Crippen LogP contribution in [0.15, 0.2) is 18.2 Å². The molecule has 0 saturated heterocycles. The largest absolute Gasteiger partial charge is 0.487 e. The summed E-state index contributed by atoms with van der Waals surface area (Å²) in [5.74, 6) is 1.33. The van der Waals surface area contributed by atoms with E-state index in [9.17, 15) is 4.39 Å². The quantitative estimate of drug-likeness (QED) is 0.763. The van der Waals surface area contributed by atoms with Gasteiger partial charge in [-0.05, 0) is 49.8 Å². The van der Waals surface area contributed by atoms with Gasteiger partial charge in [-0.15, -0.1) is 0 Å². The fraction of sp³-hybridized carbons (Fsp3) is 0.600. The Kier molecular flexibility index (Phi) is 2.81. The van der Waals surface area contributed by atoms with Crippen molar-refractivity contribution < 1.29 is 9.13 Å². The Morgan fingerprint density at radius 3 is 2.78 bits per heavy atom. The van der Waals surface area contributed by atoms with Crippen molar-refractivity contribution in [2.75, 3.05) is 0 Å². The van der Waals surface area contributed by atoms with Crippen LogP contribution in [0.5, 0.6) is 5.75 Å². The van der Waals surface area contributed by atoms with Crippen molar-refractivity contribution in [2.45, 2.75) is 50.7 Å². The van der Waals surface area contributed by atoms with E-state index in [4.69, 9.17) is 10.5 Å². The third-order valence-electron chi connectivity index (χ3n) is 4.48. The van der Waals surface area contributed by atoms with Gasteiger partial charge in [0, 0.05) is 18.0 Å². The predicted molar refractivity (Wildman–Crippen MR) is 68.9 cm³/mol. The van der Waals surface area contributed by atoms with E-state index in [0.29, 0.717) is 0 Å². The highest BCUT2D eigenvalue weighted by Gasteiger charge is 2.41. The van der Waals surface area contributed by atoms with E-state index in [0.717, 1.165) is 36.5 Å². The smallest absolute Gasteiger partial charge is 0.125 e. The van der Waals surface area contributed by atoms with Gasteiger partial charge in [-0.1, -0.05) is 6.92 Å². The number of rotatable bonds is 0. The van der Waals surface area contributed by atoms with Crippen molar-refractivity contribution in [3.8, 4) is 5.75 Å². The monoisotopic (exact) mass is 249 g/mol. The Bertz CT molecular complexity index is 452. The Morgan fingerprint density at radius 1 is 1.33 bits per heavy atom. The molecule has 2 N–H and O–H groups in total. The maximum absolute atomic E-state index is 13.2. The van der Waals surface area contributed by atoms with Crippen LogP contribution in [0.1, 0.15) is 50.6 Å². The summed E-state index contributed by atoms with van der Waals surface area (Å²) in [5, 5.41) is 0. The highest BCUT2D eigenvalue weighted by molar-refractivity contribution is 5.39. The minimum Gasteiger partial charge on any atom is -0.487 e. The van der Waals surface area contributed by atoms with Gasteiger partial charge in [0.15, 0.2) is 0 Å². The molecule has 3 rings (SSSR count). The molecule has 1 aromatic rings. The van der Waals surface area contributed by atoms with E-state index in [1.807, 2.05) is 0 Å². The first-order valence-electron chi connectivity index (χ1n) is 6.82. The van der Waals surface area contributed by atoms with Crippen molar-refractivity contribution in [3.63, 3.8) is 0 Å². The maximum atomic E-state index is 13.2. The van der Waals surface area contributed by atoms with E-state index < -0.39 is 0 Å². The number of fused-ring (bicyclic) bond motifs is 1. The lowest BCUT2D eigenvalue weighted by Crippen LogP contribution is -2.45. The molecule has 1 saturated carbocycles. The van der Waals surface area contributed by atoms with Crippen molar-refractivity contribution >= 4 is 0 Å². The van der Waals surface area contributed by atoms with E-state index in [-0.39, 0.29) is 17.5 Å². The minimum atomic E-state index is -0.235. The summed E-state index contributed by atoms with van der Waals surface area (Å²) in [7, 11) is 0. The number of nitrogens with two attached hydrogens (primary N) is 1. The van der Waals surface area contributed by atoms with Crippen molar-refractivity contribution in [1.29, 1.82) is 0 Å². The Hall–Kier alpha value is -1.09. The average molecular weight is 249 g/mol. The topological polar surface area (TPSA) is 35.2 Å². The summed E-state index contributed by atoms with van der Waals surface area (Å²) < 4.78 is 19.4. The van der Waals surface area contributed by atoms with Gasteiger partial charge in [-0.25, -0.2) is 4.39 Å². The lowest BCUT2D eigenvalue weighted by molar-refractivity contribution is -0.00866. The molecule has 2 aliphatic rings. The zero-order valence-electron chi connectivity index (χ0n) is 10.8. The highest BCUT2D eigenvalue weighted by atomic mass is 19.1. The Balaban J connectivity index is 1.89. The molecular weight excluding hydrogens is 229 g/mol. The van der Waals surface area contributed by atoms with Gasteiger partial charge >= 0.3 is 0 Å². The van der Waals surface area contributed by atoms with Gasteiger partial charge in [0.2, 0.25) is 0 Å². The van der Waals surface area contributed by atoms with Gasteiger partial charge in [0.1, 0.15) is 17.2 Å². The van der Waals surface area contributed by atoms with Crippen LogP contribution in [-0.4, -0.2) is 5.60 Å². The molecule has 1 heterocycles. The molecule has 0 bridgehead atoms. The fourth-order valence-electron chi connectivity index (χ4n) is 3.28. The highest BCUT2D eigenvalue weighted by Crippen LogP contribution is 2.46. The first-order chi connectivity index (χ1) is 8.58. The maximum Gasteiger partial charge on any atom is 0.125 e. The molecule has 1 unspecified atom stereocenters. The first kappa shape index (κ1) is 12.0. The molecular formula is C15H20FNO. The summed E-state index contributed by atoms with van der Waals surface area (Å²) in [6.07, 6.45) is 5.35. The third kappa shape index (κ3) is 2.01. The van der Waals surface area contributed by atoms with E-state index in [1.54, 1.807) is 6.07 Å². The van der Waals surface area contributed by atoms with Crippen LogP contribution in [0.4, 0.5) is 4.39 Å². The van der Waals surface area contributed by atoms with Crippen LogP contribution in [0.25, 0.3) is 0 Å².